The number of methoxy groups -OCH3 is 1. The number of esters is 2. The van der Waals surface area contributed by atoms with Gasteiger partial charge in [0, 0.05) is 11.6 Å². The number of thiocarbonyl (C=S) groups is 1. The zero-order chi connectivity index (χ0) is 13.9. The fourth-order valence-electron chi connectivity index (χ4n) is 2.06. The van der Waals surface area contributed by atoms with E-state index in [4.69, 9.17) is 21.7 Å². The normalized spacial score (nSPS) is 23.4. The van der Waals surface area contributed by atoms with Gasteiger partial charge in [-0.25, -0.2) is 4.79 Å². The van der Waals surface area contributed by atoms with Crippen molar-refractivity contribution in [1.29, 1.82) is 0 Å². The maximum Gasteiger partial charge on any atom is 0.335 e. The van der Waals surface area contributed by atoms with E-state index in [1.165, 1.54) is 7.11 Å². The average Bonchev–Trinajstić information content (AvgIpc) is 2.28. The minimum absolute atomic E-state index is 0.279. The number of ether oxygens (including phenoxy) is 2. The van der Waals surface area contributed by atoms with Crippen LogP contribution in [0.25, 0.3) is 0 Å². The lowest BCUT2D eigenvalue weighted by atomic mass is 9.83. The Morgan fingerprint density at radius 1 is 1.44 bits per heavy atom. The van der Waals surface area contributed by atoms with Gasteiger partial charge in [0.05, 0.1) is 24.3 Å². The third-order valence-electron chi connectivity index (χ3n) is 2.90. The van der Waals surface area contributed by atoms with Crippen LogP contribution < -0.4 is 5.32 Å². The molecule has 1 heterocycles. The van der Waals surface area contributed by atoms with Crippen LogP contribution in [0.15, 0.2) is 11.3 Å². The minimum Gasteiger partial charge on any atom is -0.466 e. The van der Waals surface area contributed by atoms with Gasteiger partial charge < -0.3 is 14.8 Å². The lowest BCUT2D eigenvalue weighted by Crippen LogP contribution is -2.45. The first kappa shape index (κ1) is 14.6. The second-order valence-electron chi connectivity index (χ2n) is 4.04. The molecule has 2 atom stereocenters. The maximum atomic E-state index is 11.9. The van der Waals surface area contributed by atoms with Gasteiger partial charge in [-0.1, -0.05) is 19.1 Å². The molecule has 1 aliphatic rings. The molecule has 0 saturated heterocycles. The quantitative estimate of drug-likeness (QED) is 0.614. The summed E-state index contributed by atoms with van der Waals surface area (Å²) < 4.78 is 9.70. The fraction of sp³-hybridized carbons (Fsp3) is 0.583. The van der Waals surface area contributed by atoms with Crippen LogP contribution in [0.2, 0.25) is 0 Å². The van der Waals surface area contributed by atoms with Crippen molar-refractivity contribution >= 4 is 29.1 Å². The van der Waals surface area contributed by atoms with E-state index >= 15 is 0 Å². The molecule has 5 nitrogen and oxygen atoms in total. The van der Waals surface area contributed by atoms with Crippen LogP contribution in [0.1, 0.15) is 20.8 Å². The molecule has 100 valence electrons. The lowest BCUT2D eigenvalue weighted by Gasteiger charge is -2.31. The molecule has 18 heavy (non-hydrogen) atoms. The molecule has 0 aromatic carbocycles. The van der Waals surface area contributed by atoms with Gasteiger partial charge in [-0.2, -0.15) is 0 Å². The van der Waals surface area contributed by atoms with Crippen molar-refractivity contribution in [1.82, 2.24) is 5.32 Å². The van der Waals surface area contributed by atoms with Crippen LogP contribution in [0, 0.1) is 11.8 Å². The van der Waals surface area contributed by atoms with Crippen molar-refractivity contribution in [3.63, 3.8) is 0 Å². The number of rotatable bonds is 3. The summed E-state index contributed by atoms with van der Waals surface area (Å²) >= 11 is 5.15. The molecule has 0 aliphatic carbocycles. The molecule has 0 unspecified atom stereocenters. The molecule has 0 radical (unpaired) electrons. The predicted octanol–water partition coefficient (Wildman–Crippen LogP) is 1.18. The van der Waals surface area contributed by atoms with Gasteiger partial charge in [-0.3, -0.25) is 4.79 Å². The van der Waals surface area contributed by atoms with E-state index in [0.717, 1.165) is 0 Å². The Balaban J connectivity index is 3.08. The Kier molecular flexibility index (Phi) is 4.84. The van der Waals surface area contributed by atoms with Crippen molar-refractivity contribution in [3.8, 4) is 0 Å². The lowest BCUT2D eigenvalue weighted by molar-refractivity contribution is -0.147. The highest BCUT2D eigenvalue weighted by atomic mass is 32.1. The van der Waals surface area contributed by atoms with Crippen LogP contribution in [-0.4, -0.2) is 30.6 Å². The monoisotopic (exact) mass is 271 g/mol. The summed E-state index contributed by atoms with van der Waals surface area (Å²) in [5.41, 5.74) is 1.06. The van der Waals surface area contributed by atoms with Crippen LogP contribution in [-0.2, 0) is 19.1 Å². The fourth-order valence-corrected chi connectivity index (χ4v) is 2.51. The Morgan fingerprint density at radius 2 is 2.06 bits per heavy atom. The molecule has 0 spiro atoms. The van der Waals surface area contributed by atoms with Gasteiger partial charge >= 0.3 is 11.9 Å². The van der Waals surface area contributed by atoms with Gasteiger partial charge in [-0.15, -0.1) is 0 Å². The number of hydrogen-bond acceptors (Lipinski definition) is 5. The average molecular weight is 271 g/mol. The SMILES string of the molecule is CCOC(=O)[C@H]1C(=S)NC(C)=C(C(=O)OC)[C@@H]1C. The van der Waals surface area contributed by atoms with Crippen LogP contribution in [0.3, 0.4) is 0 Å². The summed E-state index contributed by atoms with van der Waals surface area (Å²) in [7, 11) is 1.31. The minimum atomic E-state index is -0.641. The molecular weight excluding hydrogens is 254 g/mol. The molecular formula is C12H17NO4S. The smallest absolute Gasteiger partial charge is 0.335 e. The van der Waals surface area contributed by atoms with Gasteiger partial charge in [0.15, 0.2) is 0 Å². The van der Waals surface area contributed by atoms with E-state index in [1.54, 1.807) is 20.8 Å². The van der Waals surface area contributed by atoms with Crippen molar-refractivity contribution in [2.24, 2.45) is 11.8 Å². The third kappa shape index (κ3) is 2.69. The number of carbonyl (C=O) groups is 2. The Hall–Kier alpha value is -1.43. The van der Waals surface area contributed by atoms with Gasteiger partial charge in [0.25, 0.3) is 0 Å². The van der Waals surface area contributed by atoms with Gasteiger partial charge in [0.1, 0.15) is 5.92 Å². The van der Waals surface area contributed by atoms with Gasteiger partial charge in [0.2, 0.25) is 0 Å². The van der Waals surface area contributed by atoms with E-state index in [-0.39, 0.29) is 12.5 Å². The zero-order valence-electron chi connectivity index (χ0n) is 10.9. The van der Waals surface area contributed by atoms with E-state index in [1.807, 2.05) is 0 Å². The predicted molar refractivity (Wildman–Crippen MR) is 69.7 cm³/mol. The summed E-state index contributed by atoms with van der Waals surface area (Å²) in [4.78, 5) is 23.9. The van der Waals surface area contributed by atoms with Crippen molar-refractivity contribution in [2.75, 3.05) is 13.7 Å². The molecule has 0 saturated carbocycles. The van der Waals surface area contributed by atoms with Crippen molar-refractivity contribution < 1.29 is 19.1 Å². The Bertz CT molecular complexity index is 416. The number of carbonyl (C=O) groups excluding carboxylic acids is 2. The molecule has 1 rings (SSSR count). The number of hydrogen-bond donors (Lipinski definition) is 1. The van der Waals surface area contributed by atoms with Crippen molar-refractivity contribution in [2.45, 2.75) is 20.8 Å². The highest BCUT2D eigenvalue weighted by Gasteiger charge is 2.40. The van der Waals surface area contributed by atoms with Crippen LogP contribution >= 0.6 is 12.2 Å². The first-order chi connectivity index (χ1) is 8.43. The molecule has 0 aromatic heterocycles. The van der Waals surface area contributed by atoms with Gasteiger partial charge in [-0.05, 0) is 13.8 Å². The molecule has 0 bridgehead atoms. The molecule has 1 N–H and O–H groups in total. The zero-order valence-corrected chi connectivity index (χ0v) is 11.7. The summed E-state index contributed by atoms with van der Waals surface area (Å²) in [6.45, 7) is 5.51. The Morgan fingerprint density at radius 3 is 2.56 bits per heavy atom. The second kappa shape index (κ2) is 5.95. The molecule has 6 heteroatoms. The summed E-state index contributed by atoms with van der Waals surface area (Å²) in [5.74, 6) is -1.87. The summed E-state index contributed by atoms with van der Waals surface area (Å²) in [6.07, 6.45) is 0. The topological polar surface area (TPSA) is 64.6 Å². The van der Waals surface area contributed by atoms with Crippen LogP contribution in [0.5, 0.6) is 0 Å². The van der Waals surface area contributed by atoms with Crippen molar-refractivity contribution in [3.05, 3.63) is 11.3 Å². The first-order valence-corrected chi connectivity index (χ1v) is 6.11. The highest BCUT2D eigenvalue weighted by Crippen LogP contribution is 2.30. The number of nitrogens with one attached hydrogen (secondary N) is 1. The van der Waals surface area contributed by atoms with E-state index in [0.29, 0.717) is 16.3 Å². The highest BCUT2D eigenvalue weighted by molar-refractivity contribution is 7.80. The molecule has 0 aromatic rings. The maximum absolute atomic E-state index is 11.9. The van der Waals surface area contributed by atoms with E-state index in [9.17, 15) is 9.59 Å². The van der Waals surface area contributed by atoms with Crippen LogP contribution in [0.4, 0.5) is 0 Å². The van der Waals surface area contributed by atoms with E-state index in [2.05, 4.69) is 5.32 Å². The summed E-state index contributed by atoms with van der Waals surface area (Å²) in [5, 5.41) is 2.87. The van der Waals surface area contributed by atoms with E-state index < -0.39 is 17.9 Å². The Labute approximate surface area is 112 Å². The molecule has 0 amide bonds. The molecule has 0 fully saturated rings. The number of allylic oxidation sites excluding steroid dienone is 1. The third-order valence-corrected chi connectivity index (χ3v) is 3.25. The molecule has 1 aliphatic heterocycles. The first-order valence-electron chi connectivity index (χ1n) is 5.70. The standard InChI is InChI=1S/C12H17NO4S/c1-5-17-12(15)9-6(2)8(11(14)16-4)7(3)13-10(9)18/h6,9H,5H2,1-4H3,(H,13,18)/t6-,9+/m0/s1. The largest absolute Gasteiger partial charge is 0.466 e. The second-order valence-corrected chi connectivity index (χ2v) is 4.48. The summed E-state index contributed by atoms with van der Waals surface area (Å²) in [6, 6.07) is 0.